The molecule has 2 aromatic rings. The molecule has 76 heavy (non-hydrogen) atoms. The minimum absolute atomic E-state index is 0.0119. The van der Waals surface area contributed by atoms with E-state index in [1.807, 2.05) is 62.4 Å². The van der Waals surface area contributed by atoms with Crippen LogP contribution in [0.15, 0.2) is 48.6 Å². The van der Waals surface area contributed by atoms with E-state index in [9.17, 15) is 39.0 Å². The van der Waals surface area contributed by atoms with Crippen molar-refractivity contribution in [1.29, 1.82) is 0 Å². The summed E-state index contributed by atoms with van der Waals surface area (Å²) in [5, 5.41) is 37.2. The molecule has 6 amide bonds. The lowest BCUT2D eigenvalue weighted by molar-refractivity contribution is -0.143. The number of benzene rings is 2. The molecule has 0 spiro atoms. The molecule has 4 aliphatic carbocycles. The van der Waals surface area contributed by atoms with Gasteiger partial charge in [0.15, 0.2) is 0 Å². The molecule has 2 saturated carbocycles. The summed E-state index contributed by atoms with van der Waals surface area (Å²) in [6.07, 6.45) is 17.1. The molecule has 17 nitrogen and oxygen atoms in total. The molecule has 4 fully saturated rings. The Kier molecular flexibility index (Phi) is 19.9. The van der Waals surface area contributed by atoms with E-state index in [2.05, 4.69) is 26.6 Å². The number of hydrogen-bond donors (Lipinski definition) is 7. The van der Waals surface area contributed by atoms with Crippen LogP contribution >= 0.6 is 0 Å². The number of fused-ring (bicyclic) bond motifs is 2. The highest BCUT2D eigenvalue weighted by molar-refractivity contribution is 5.95. The Morgan fingerprint density at radius 1 is 0.618 bits per heavy atom. The molecule has 2 aliphatic heterocycles. The zero-order chi connectivity index (χ0) is 53.9. The maximum atomic E-state index is 14.3. The molecule has 17 heteroatoms. The molecular formula is C59H85N7O10. The van der Waals surface area contributed by atoms with E-state index in [0.29, 0.717) is 26.1 Å². The Morgan fingerprint density at radius 2 is 1.05 bits per heavy atom. The van der Waals surface area contributed by atoms with E-state index >= 15 is 0 Å². The van der Waals surface area contributed by atoms with Gasteiger partial charge >= 0.3 is 0 Å². The number of nitrogens with one attached hydrogen (secondary N) is 5. The predicted octanol–water partition coefficient (Wildman–Crippen LogP) is 5.40. The van der Waals surface area contributed by atoms with Crippen LogP contribution in [-0.2, 0) is 41.6 Å². The van der Waals surface area contributed by atoms with Gasteiger partial charge < -0.3 is 56.1 Å². The number of rotatable bonds is 20. The molecule has 0 unspecified atom stereocenters. The second-order valence-corrected chi connectivity index (χ2v) is 22.5. The van der Waals surface area contributed by atoms with Crippen LogP contribution in [-0.4, -0.2) is 131 Å². The van der Waals surface area contributed by atoms with Crippen molar-refractivity contribution in [3.63, 3.8) is 0 Å². The number of likely N-dealkylation sites (tertiary alicyclic amines) is 2. The predicted molar refractivity (Wildman–Crippen MR) is 288 cm³/mol. The third-order valence-corrected chi connectivity index (χ3v) is 17.4. The Morgan fingerprint density at radius 3 is 1.47 bits per heavy atom. The van der Waals surface area contributed by atoms with E-state index in [1.165, 1.54) is 9.80 Å². The van der Waals surface area contributed by atoms with E-state index < -0.39 is 42.4 Å². The zero-order valence-corrected chi connectivity index (χ0v) is 45.4. The lowest BCUT2D eigenvalue weighted by Crippen LogP contribution is -2.58. The van der Waals surface area contributed by atoms with Crippen LogP contribution in [0.3, 0.4) is 0 Å². The molecular weight excluding hydrogens is 967 g/mol. The number of carbonyl (C=O) groups is 6. The average molecular weight is 1050 g/mol. The molecule has 8 rings (SSSR count). The third-order valence-electron chi connectivity index (χ3n) is 17.4. The van der Waals surface area contributed by atoms with E-state index in [4.69, 9.17) is 9.47 Å². The highest BCUT2D eigenvalue weighted by Gasteiger charge is 2.46. The van der Waals surface area contributed by atoms with Gasteiger partial charge in [-0.25, -0.2) is 0 Å². The summed E-state index contributed by atoms with van der Waals surface area (Å²) in [6, 6.07) is 7.45. The maximum absolute atomic E-state index is 14.3. The van der Waals surface area contributed by atoms with Crippen molar-refractivity contribution in [2.75, 3.05) is 33.4 Å². The van der Waals surface area contributed by atoms with Crippen LogP contribution in [0.4, 0.5) is 0 Å². The molecule has 0 bridgehead atoms. The molecule has 6 aliphatic rings. The quantitative estimate of drug-likeness (QED) is 0.0832. The van der Waals surface area contributed by atoms with Gasteiger partial charge in [-0.2, -0.15) is 0 Å². The Hall–Kier alpha value is -5.52. The Labute approximate surface area is 449 Å². The molecule has 0 aromatic heterocycles. The van der Waals surface area contributed by atoms with Crippen LogP contribution in [0.1, 0.15) is 164 Å². The number of aliphatic hydroxyl groups excluding tert-OH is 2. The van der Waals surface area contributed by atoms with Crippen molar-refractivity contribution in [3.05, 3.63) is 70.8 Å². The number of hydrogen-bond acceptors (Lipinski definition) is 11. The largest absolute Gasteiger partial charge is 0.489 e. The maximum Gasteiger partial charge on any atom is 0.246 e. The van der Waals surface area contributed by atoms with Crippen LogP contribution in [0.2, 0.25) is 0 Å². The highest BCUT2D eigenvalue weighted by atomic mass is 16.5. The summed E-state index contributed by atoms with van der Waals surface area (Å²) >= 11 is 0. The van der Waals surface area contributed by atoms with Crippen molar-refractivity contribution < 1.29 is 48.5 Å². The first-order chi connectivity index (χ1) is 36.8. The second-order valence-electron chi connectivity index (χ2n) is 22.5. The van der Waals surface area contributed by atoms with Gasteiger partial charge in [0.05, 0.1) is 30.3 Å². The highest BCUT2D eigenvalue weighted by Crippen LogP contribution is 2.39. The van der Waals surface area contributed by atoms with Gasteiger partial charge in [-0.3, -0.25) is 28.8 Å². The molecule has 2 saturated heterocycles. The van der Waals surface area contributed by atoms with Crippen molar-refractivity contribution in [3.8, 4) is 11.5 Å². The Bertz CT molecular complexity index is 2220. The number of ether oxygens (including phenoxy) is 2. The summed E-state index contributed by atoms with van der Waals surface area (Å²) in [7, 11) is 1.70. The van der Waals surface area contributed by atoms with Gasteiger partial charge in [-0.15, -0.1) is 0 Å². The Balaban J connectivity index is 0.851. The minimum Gasteiger partial charge on any atom is -0.489 e. The van der Waals surface area contributed by atoms with Crippen molar-refractivity contribution in [2.24, 2.45) is 17.8 Å². The van der Waals surface area contributed by atoms with E-state index in [1.54, 1.807) is 14.0 Å². The standard InChI is InChI=1S/C59H85N7O10/c1-5-36(2)54(69)63-52(38-18-8-6-9-19-38)58(73)65-34-40(67)32-48(65)56(71)61-46-26-14-24-44-42(46)22-16-28-50(44)75-30-12-13-31-76-51-29-17-23-43-45(51)25-15-27-47(43)62-57(72)49-33-41(68)35-66(49)59(74)53(39-20-10-7-11-21-39)64-55(70)37(3)60-4/h12-13,16-17,22-23,28-29,36-41,46-49,52-53,60,67-68H,5-11,14-15,18-21,24-27,30-35H2,1-4H3,(H,61,71)(H,62,72)(H,63,69)(H,64,70)/b13-12+/t36-,37+,40+,41+,46-,47-,48+,49+,52+,53+/m1/s1. The monoisotopic (exact) mass is 1050 g/mol. The average Bonchev–Trinajstić information content (AvgIpc) is 4.04. The van der Waals surface area contributed by atoms with E-state index in [-0.39, 0.29) is 91.2 Å². The SMILES string of the molecule is CC[C@@H](C)C(=O)N[C@H](C(=O)N1C[C@@H](O)C[C@H]1C(=O)N[C@@H]1CCCc2c(OC/C=C/COc3cccc4c3CCC[C@H]4NC(=O)[C@@H]3C[C@H](O)CN3C(=O)[C@@H](NC(=O)[C@H](C)NC)C3CCCCC3)cccc21)C1CCCCC1. The molecule has 7 N–H and O–H groups in total. The van der Waals surface area contributed by atoms with E-state index in [0.717, 1.165) is 130 Å². The fraction of sp³-hybridized carbons (Fsp3) is 0.661. The fourth-order valence-corrected chi connectivity index (χ4v) is 12.7. The topological polar surface area (TPSA) is 228 Å². The lowest BCUT2D eigenvalue weighted by atomic mass is 9.83. The van der Waals surface area contributed by atoms with Gasteiger partial charge in [0.2, 0.25) is 35.4 Å². The number of aliphatic hydroxyl groups is 2. The summed E-state index contributed by atoms with van der Waals surface area (Å²) in [6.45, 7) is 6.22. The molecule has 2 heterocycles. The molecule has 10 atom stereocenters. The van der Waals surface area contributed by atoms with Gasteiger partial charge in [-0.05, 0) is 143 Å². The number of likely N-dealkylation sites (N-methyl/N-ethyl adjacent to an activating group) is 1. The first-order valence-corrected chi connectivity index (χ1v) is 28.8. The summed E-state index contributed by atoms with van der Waals surface area (Å²) < 4.78 is 12.6. The van der Waals surface area contributed by atoms with Crippen molar-refractivity contribution in [2.45, 2.75) is 197 Å². The van der Waals surface area contributed by atoms with Crippen molar-refractivity contribution >= 4 is 35.4 Å². The van der Waals surface area contributed by atoms with Gasteiger partial charge in [-0.1, -0.05) is 76.6 Å². The fourth-order valence-electron chi connectivity index (χ4n) is 12.7. The van der Waals surface area contributed by atoms with Crippen LogP contribution in [0.5, 0.6) is 11.5 Å². The van der Waals surface area contributed by atoms with Crippen LogP contribution < -0.4 is 36.1 Å². The molecule has 2 aromatic carbocycles. The smallest absolute Gasteiger partial charge is 0.246 e. The first-order valence-electron chi connectivity index (χ1n) is 28.8. The van der Waals surface area contributed by atoms with Gasteiger partial charge in [0.25, 0.3) is 0 Å². The number of nitrogens with zero attached hydrogens (tertiary/aromatic N) is 2. The number of amides is 6. The zero-order valence-electron chi connectivity index (χ0n) is 45.4. The molecule has 416 valence electrons. The number of β-amino-alcohol motifs (C(OH)–C–C–N with tert-alkyl or cyclic N) is 2. The molecule has 0 radical (unpaired) electrons. The summed E-state index contributed by atoms with van der Waals surface area (Å²) in [4.78, 5) is 86.2. The summed E-state index contributed by atoms with van der Waals surface area (Å²) in [5.74, 6) is -0.469. The third kappa shape index (κ3) is 13.6. The lowest BCUT2D eigenvalue weighted by Gasteiger charge is -2.35. The van der Waals surface area contributed by atoms with Crippen LogP contribution in [0.25, 0.3) is 0 Å². The normalized spacial score (nSPS) is 25.6. The minimum atomic E-state index is -0.864. The van der Waals surface area contributed by atoms with Crippen LogP contribution in [0, 0.1) is 17.8 Å². The van der Waals surface area contributed by atoms with Gasteiger partial charge in [0.1, 0.15) is 48.9 Å². The van der Waals surface area contributed by atoms with Crippen molar-refractivity contribution in [1.82, 2.24) is 36.4 Å². The second kappa shape index (κ2) is 26.7. The number of carbonyl (C=O) groups excluding carboxylic acids is 6. The first kappa shape index (κ1) is 56.7. The summed E-state index contributed by atoms with van der Waals surface area (Å²) in [5.41, 5.74) is 3.99. The van der Waals surface area contributed by atoms with Gasteiger partial charge in [0, 0.05) is 31.8 Å².